The van der Waals surface area contributed by atoms with Crippen LogP contribution >= 0.6 is 0 Å². The molecule has 0 aliphatic carbocycles. The number of aromatic nitrogens is 5. The maximum absolute atomic E-state index is 12.4. The predicted octanol–water partition coefficient (Wildman–Crippen LogP) is 2.28. The number of hydrogen-bond acceptors (Lipinski definition) is 9. The highest BCUT2D eigenvalue weighted by Crippen LogP contribution is 2.37. The van der Waals surface area contributed by atoms with E-state index >= 15 is 0 Å². The molecule has 1 unspecified atom stereocenters. The van der Waals surface area contributed by atoms with Gasteiger partial charge < -0.3 is 19.8 Å². The van der Waals surface area contributed by atoms with Crippen molar-refractivity contribution in [2.75, 3.05) is 23.7 Å². The molecule has 2 aliphatic rings. The van der Waals surface area contributed by atoms with Crippen molar-refractivity contribution < 1.29 is 13.9 Å². The first-order valence-electron chi connectivity index (χ1n) is 9.71. The molecule has 5 rings (SSSR count). The molecule has 0 saturated carbocycles. The van der Waals surface area contributed by atoms with Gasteiger partial charge in [0.1, 0.15) is 5.60 Å². The minimum atomic E-state index is -0.547. The Morgan fingerprint density at radius 1 is 1.30 bits per heavy atom. The van der Waals surface area contributed by atoms with Crippen LogP contribution in [0.2, 0.25) is 0 Å². The summed E-state index contributed by atoms with van der Waals surface area (Å²) in [5.74, 6) is 2.04. The molecule has 3 aromatic rings. The zero-order valence-electron chi connectivity index (χ0n) is 16.9. The topological polar surface area (TPSA) is 128 Å². The number of carbonyl (C=O) groups excluding carboxylic acids is 1. The number of ether oxygens (including phenoxy) is 1. The van der Waals surface area contributed by atoms with E-state index in [-0.39, 0.29) is 18.0 Å². The van der Waals surface area contributed by atoms with Crippen LogP contribution in [0.15, 0.2) is 34.7 Å². The number of anilines is 2. The molecule has 0 bridgehead atoms. The second kappa shape index (κ2) is 6.44. The van der Waals surface area contributed by atoms with Crippen molar-refractivity contribution in [3.8, 4) is 11.6 Å². The van der Waals surface area contributed by atoms with Crippen LogP contribution in [0.1, 0.15) is 27.2 Å². The zero-order valence-corrected chi connectivity index (χ0v) is 16.9. The van der Waals surface area contributed by atoms with Crippen molar-refractivity contribution >= 4 is 23.8 Å². The van der Waals surface area contributed by atoms with Gasteiger partial charge in [0.2, 0.25) is 17.7 Å². The number of nitrogen functional groups attached to an aromatic ring is 1. The molecule has 1 fully saturated rings. The molecule has 0 radical (unpaired) electrons. The summed E-state index contributed by atoms with van der Waals surface area (Å²) in [6.45, 7) is 6.85. The quantitative estimate of drug-likeness (QED) is 0.676. The molecule has 2 aliphatic heterocycles. The lowest BCUT2D eigenvalue weighted by Gasteiger charge is -2.23. The van der Waals surface area contributed by atoms with Crippen LogP contribution < -0.4 is 10.6 Å². The van der Waals surface area contributed by atoms with Gasteiger partial charge >= 0.3 is 6.09 Å². The third-order valence-electron chi connectivity index (χ3n) is 4.97. The third kappa shape index (κ3) is 3.11. The van der Waals surface area contributed by atoms with Gasteiger partial charge in [0.15, 0.2) is 5.76 Å². The number of carbonyl (C=O) groups is 1. The van der Waals surface area contributed by atoms with Gasteiger partial charge in [0.05, 0.1) is 6.26 Å². The molecule has 156 valence electrons. The molecule has 11 heteroatoms. The monoisotopic (exact) mass is 410 g/mol. The van der Waals surface area contributed by atoms with Gasteiger partial charge in [-0.25, -0.2) is 4.79 Å². The van der Waals surface area contributed by atoms with E-state index in [9.17, 15) is 4.79 Å². The molecule has 3 aromatic heterocycles. The molecule has 1 saturated heterocycles. The lowest BCUT2D eigenvalue weighted by molar-refractivity contribution is 0.0338. The SMILES string of the molecule is CC(C)(C)OC(=O)N1C=C2C(CCN2c2nc(N)n3nc(-c4ccco4)nc3n2)C1. The van der Waals surface area contributed by atoms with Gasteiger partial charge in [-0.05, 0) is 39.3 Å². The molecule has 1 atom stereocenters. The summed E-state index contributed by atoms with van der Waals surface area (Å²) in [6.07, 6.45) is 3.88. The normalized spacial score (nSPS) is 18.8. The van der Waals surface area contributed by atoms with Crippen molar-refractivity contribution in [2.24, 2.45) is 5.92 Å². The summed E-state index contributed by atoms with van der Waals surface area (Å²) in [6, 6.07) is 3.52. The van der Waals surface area contributed by atoms with Crippen molar-refractivity contribution in [1.29, 1.82) is 0 Å². The number of hydrogen-bond donors (Lipinski definition) is 1. The van der Waals surface area contributed by atoms with Gasteiger partial charge in [-0.2, -0.15) is 19.5 Å². The Bertz CT molecular complexity index is 1140. The molecule has 11 nitrogen and oxygen atoms in total. The van der Waals surface area contributed by atoms with Crippen molar-refractivity contribution in [3.63, 3.8) is 0 Å². The fourth-order valence-corrected chi connectivity index (χ4v) is 3.68. The molecule has 30 heavy (non-hydrogen) atoms. The average Bonchev–Trinajstić information content (AvgIpc) is 3.41. The third-order valence-corrected chi connectivity index (χ3v) is 4.97. The molecule has 2 N–H and O–H groups in total. The largest absolute Gasteiger partial charge is 0.461 e. The number of fused-ring (bicyclic) bond motifs is 2. The van der Waals surface area contributed by atoms with Gasteiger partial charge in [0, 0.05) is 30.9 Å². The highest BCUT2D eigenvalue weighted by Gasteiger charge is 2.39. The number of rotatable bonds is 2. The van der Waals surface area contributed by atoms with Crippen LogP contribution in [-0.2, 0) is 4.74 Å². The smallest absolute Gasteiger partial charge is 0.414 e. The fourth-order valence-electron chi connectivity index (χ4n) is 3.68. The predicted molar refractivity (Wildman–Crippen MR) is 107 cm³/mol. The van der Waals surface area contributed by atoms with Gasteiger partial charge in [-0.15, -0.1) is 5.10 Å². The van der Waals surface area contributed by atoms with Crippen molar-refractivity contribution in [1.82, 2.24) is 29.5 Å². The molecule has 0 aromatic carbocycles. The maximum atomic E-state index is 12.4. The minimum Gasteiger partial charge on any atom is -0.461 e. The number of amides is 1. The molecule has 0 spiro atoms. The summed E-state index contributed by atoms with van der Waals surface area (Å²) in [5, 5.41) is 4.32. The Balaban J connectivity index is 1.45. The number of nitrogens with zero attached hydrogens (tertiary/aromatic N) is 7. The van der Waals surface area contributed by atoms with Crippen LogP contribution in [0.3, 0.4) is 0 Å². The Kier molecular flexibility index (Phi) is 3.95. The summed E-state index contributed by atoms with van der Waals surface area (Å²) in [4.78, 5) is 29.4. The highest BCUT2D eigenvalue weighted by atomic mass is 16.6. The van der Waals surface area contributed by atoms with E-state index in [2.05, 4.69) is 20.1 Å². The van der Waals surface area contributed by atoms with E-state index in [0.717, 1.165) is 18.7 Å². The lowest BCUT2D eigenvalue weighted by Crippen LogP contribution is -2.33. The van der Waals surface area contributed by atoms with E-state index in [1.807, 2.05) is 31.9 Å². The Morgan fingerprint density at radius 3 is 2.87 bits per heavy atom. The van der Waals surface area contributed by atoms with Gasteiger partial charge in [-0.1, -0.05) is 0 Å². The van der Waals surface area contributed by atoms with Crippen LogP contribution in [0.5, 0.6) is 0 Å². The standard InChI is InChI=1S/C19H22N8O3/c1-19(2,3)30-18(28)25-9-11-6-7-26(12(11)10-25)16-22-15(20)27-17(23-16)21-14(24-27)13-5-4-8-29-13/h4-5,8,10-11H,6-7,9H2,1-3H3,(H2,20,21,22,23,24). The van der Waals surface area contributed by atoms with E-state index in [0.29, 0.717) is 29.9 Å². The summed E-state index contributed by atoms with van der Waals surface area (Å²) >= 11 is 0. The lowest BCUT2D eigenvalue weighted by atomic mass is 10.1. The van der Waals surface area contributed by atoms with Crippen LogP contribution in [0.25, 0.3) is 17.4 Å². The summed E-state index contributed by atoms with van der Waals surface area (Å²) in [7, 11) is 0. The van der Waals surface area contributed by atoms with E-state index in [4.69, 9.17) is 14.9 Å². The van der Waals surface area contributed by atoms with Gasteiger partial charge in [0.25, 0.3) is 5.78 Å². The van der Waals surface area contributed by atoms with Crippen LogP contribution in [0, 0.1) is 5.92 Å². The molecule has 5 heterocycles. The zero-order chi connectivity index (χ0) is 21.0. The first-order valence-corrected chi connectivity index (χ1v) is 9.71. The summed E-state index contributed by atoms with van der Waals surface area (Å²) < 4.78 is 12.2. The van der Waals surface area contributed by atoms with Gasteiger partial charge in [-0.3, -0.25) is 4.90 Å². The summed E-state index contributed by atoms with van der Waals surface area (Å²) in [5.41, 5.74) is 6.54. The van der Waals surface area contributed by atoms with E-state index in [1.165, 1.54) is 4.52 Å². The van der Waals surface area contributed by atoms with E-state index in [1.54, 1.807) is 23.3 Å². The molecular weight excluding hydrogens is 388 g/mol. The van der Waals surface area contributed by atoms with Crippen molar-refractivity contribution in [3.05, 3.63) is 30.3 Å². The maximum Gasteiger partial charge on any atom is 0.414 e. The van der Waals surface area contributed by atoms with Crippen molar-refractivity contribution in [2.45, 2.75) is 32.8 Å². The molecular formula is C19H22N8O3. The van der Waals surface area contributed by atoms with E-state index < -0.39 is 5.60 Å². The second-order valence-corrected chi connectivity index (χ2v) is 8.33. The Hall–Kier alpha value is -3.63. The highest BCUT2D eigenvalue weighted by molar-refractivity contribution is 5.71. The average molecular weight is 410 g/mol. The Labute approximate surface area is 172 Å². The first kappa shape index (κ1) is 18.4. The fraction of sp³-hybridized carbons (Fsp3) is 0.421. The number of furan rings is 1. The first-order chi connectivity index (χ1) is 14.3. The van der Waals surface area contributed by atoms with Crippen LogP contribution in [-0.4, -0.2) is 54.2 Å². The number of nitrogens with two attached hydrogens (primary N) is 1. The Morgan fingerprint density at radius 2 is 2.13 bits per heavy atom. The molecule has 1 amide bonds. The second-order valence-electron chi connectivity index (χ2n) is 8.33. The minimum absolute atomic E-state index is 0.173. The van der Waals surface area contributed by atoms with Crippen LogP contribution in [0.4, 0.5) is 16.7 Å².